The Morgan fingerprint density at radius 2 is 2.00 bits per heavy atom. The molecule has 2 nitrogen and oxygen atoms in total. The van der Waals surface area contributed by atoms with Crippen LogP contribution >= 0.6 is 0 Å². The van der Waals surface area contributed by atoms with Crippen molar-refractivity contribution in [2.24, 2.45) is 0 Å². The molecule has 1 rings (SSSR count). The largest absolute Gasteiger partial charge is 0.481 e. The number of carboxylic acids is 1. The minimum absolute atomic E-state index is 0.234. The number of rotatable bonds is 3. The average molecular weight is 250 g/mol. The molecule has 0 bridgehead atoms. The molecule has 1 N–H and O–H groups in total. The maximum Gasteiger partial charge on any atom is 0.419 e. The Hall–Kier alpha value is -1.59. The molecule has 1 atom stereocenters. The lowest BCUT2D eigenvalue weighted by molar-refractivity contribution is -0.140. The average Bonchev–Trinajstić information content (AvgIpc) is 2.14. The van der Waals surface area contributed by atoms with E-state index in [9.17, 15) is 22.4 Å². The Balaban J connectivity index is 3.15. The molecule has 0 fully saturated rings. The zero-order valence-corrected chi connectivity index (χ0v) is 8.88. The molecule has 0 amide bonds. The van der Waals surface area contributed by atoms with E-state index in [0.717, 1.165) is 12.1 Å². The van der Waals surface area contributed by atoms with Crippen LogP contribution in [0.1, 0.15) is 30.4 Å². The Labute approximate surface area is 94.9 Å². The monoisotopic (exact) mass is 250 g/mol. The molecule has 0 radical (unpaired) electrons. The number of hydrogen-bond donors (Lipinski definition) is 1. The number of carbonyl (C=O) groups is 1. The molecule has 0 aliphatic heterocycles. The summed E-state index contributed by atoms with van der Waals surface area (Å²) in [4.78, 5) is 10.4. The zero-order valence-electron chi connectivity index (χ0n) is 8.88. The van der Waals surface area contributed by atoms with Crippen LogP contribution in [0.4, 0.5) is 17.6 Å². The standard InChI is InChI=1S/C11H10F4O2/c1-6(5-9(16)17)7-3-2-4-8(10(7)12)11(13,14)15/h2-4,6H,5H2,1H3,(H,16,17)/t6-/m0/s1. The summed E-state index contributed by atoms with van der Waals surface area (Å²) in [6, 6.07) is 2.87. The van der Waals surface area contributed by atoms with Gasteiger partial charge in [0.2, 0.25) is 0 Å². The summed E-state index contributed by atoms with van der Waals surface area (Å²) in [5.41, 5.74) is -1.60. The van der Waals surface area contributed by atoms with Crippen LogP contribution in [0.3, 0.4) is 0 Å². The number of aliphatic carboxylic acids is 1. The number of carboxylic acid groups (broad SMARTS) is 1. The molecular formula is C11H10F4O2. The molecule has 6 heteroatoms. The van der Waals surface area contributed by atoms with Gasteiger partial charge < -0.3 is 5.11 Å². The maximum absolute atomic E-state index is 13.6. The molecule has 17 heavy (non-hydrogen) atoms. The van der Waals surface area contributed by atoms with E-state index in [4.69, 9.17) is 5.11 Å². The van der Waals surface area contributed by atoms with Crippen molar-refractivity contribution in [3.05, 3.63) is 35.1 Å². The lowest BCUT2D eigenvalue weighted by atomic mass is 9.95. The summed E-state index contributed by atoms with van der Waals surface area (Å²) in [5, 5.41) is 8.52. The van der Waals surface area contributed by atoms with Crippen molar-refractivity contribution in [1.29, 1.82) is 0 Å². The smallest absolute Gasteiger partial charge is 0.419 e. The predicted octanol–water partition coefficient (Wildman–Crippen LogP) is 3.42. The van der Waals surface area contributed by atoms with E-state index in [2.05, 4.69) is 0 Å². The predicted molar refractivity (Wildman–Crippen MR) is 52.1 cm³/mol. The van der Waals surface area contributed by atoms with Crippen LogP contribution in [-0.4, -0.2) is 11.1 Å². The Morgan fingerprint density at radius 1 is 1.41 bits per heavy atom. The van der Waals surface area contributed by atoms with Gasteiger partial charge >= 0.3 is 12.1 Å². The third-order valence-electron chi connectivity index (χ3n) is 2.35. The molecule has 1 aromatic carbocycles. The van der Waals surface area contributed by atoms with Crippen molar-refractivity contribution in [3.8, 4) is 0 Å². The number of benzene rings is 1. The van der Waals surface area contributed by atoms with Gasteiger partial charge in [-0.15, -0.1) is 0 Å². The van der Waals surface area contributed by atoms with E-state index in [1.54, 1.807) is 0 Å². The molecule has 0 aromatic heterocycles. The van der Waals surface area contributed by atoms with Gasteiger partial charge in [-0.25, -0.2) is 4.39 Å². The molecular weight excluding hydrogens is 240 g/mol. The van der Waals surface area contributed by atoms with Crippen LogP contribution in [0.15, 0.2) is 18.2 Å². The summed E-state index contributed by atoms with van der Waals surface area (Å²) >= 11 is 0. The normalized spacial score (nSPS) is 13.5. The summed E-state index contributed by atoms with van der Waals surface area (Å²) in [6.07, 6.45) is -5.19. The number of hydrogen-bond acceptors (Lipinski definition) is 1. The van der Waals surface area contributed by atoms with Gasteiger partial charge in [-0.3, -0.25) is 4.79 Å². The van der Waals surface area contributed by atoms with Gasteiger partial charge in [0.15, 0.2) is 0 Å². The number of alkyl halides is 3. The minimum Gasteiger partial charge on any atom is -0.481 e. The summed E-state index contributed by atoms with van der Waals surface area (Å²) in [5.74, 6) is -3.39. The second-order valence-corrected chi connectivity index (χ2v) is 3.71. The van der Waals surface area contributed by atoms with E-state index < -0.39 is 35.9 Å². The highest BCUT2D eigenvalue weighted by molar-refractivity contribution is 5.68. The Morgan fingerprint density at radius 3 is 2.47 bits per heavy atom. The van der Waals surface area contributed by atoms with E-state index in [0.29, 0.717) is 6.07 Å². The van der Waals surface area contributed by atoms with Crippen molar-refractivity contribution in [2.75, 3.05) is 0 Å². The zero-order chi connectivity index (χ0) is 13.2. The highest BCUT2D eigenvalue weighted by atomic mass is 19.4. The first kappa shape index (κ1) is 13.5. The van der Waals surface area contributed by atoms with E-state index in [1.165, 1.54) is 6.92 Å². The van der Waals surface area contributed by atoms with E-state index >= 15 is 0 Å². The van der Waals surface area contributed by atoms with Crippen molar-refractivity contribution in [3.63, 3.8) is 0 Å². The second-order valence-electron chi connectivity index (χ2n) is 3.71. The molecule has 0 aliphatic carbocycles. The summed E-state index contributed by atoms with van der Waals surface area (Å²) < 4.78 is 50.8. The number of halogens is 4. The van der Waals surface area contributed by atoms with Gasteiger partial charge in [-0.1, -0.05) is 19.1 Å². The fraction of sp³-hybridized carbons (Fsp3) is 0.364. The molecule has 0 saturated heterocycles. The van der Waals surface area contributed by atoms with Gasteiger partial charge in [0, 0.05) is 0 Å². The summed E-state index contributed by atoms with van der Waals surface area (Å²) in [7, 11) is 0. The molecule has 0 saturated carbocycles. The molecule has 94 valence electrons. The van der Waals surface area contributed by atoms with Crippen LogP contribution in [-0.2, 0) is 11.0 Å². The molecule has 0 aliphatic rings. The van der Waals surface area contributed by atoms with E-state index in [-0.39, 0.29) is 5.56 Å². The van der Waals surface area contributed by atoms with Crippen molar-refractivity contribution in [2.45, 2.75) is 25.4 Å². The quantitative estimate of drug-likeness (QED) is 0.834. The molecule has 0 spiro atoms. The third-order valence-corrected chi connectivity index (χ3v) is 2.35. The van der Waals surface area contributed by atoms with Crippen LogP contribution < -0.4 is 0 Å². The minimum atomic E-state index is -4.77. The van der Waals surface area contributed by atoms with Crippen LogP contribution in [0.25, 0.3) is 0 Å². The Kier molecular flexibility index (Phi) is 3.75. The SMILES string of the molecule is C[C@@H](CC(=O)O)c1cccc(C(F)(F)F)c1F. The van der Waals surface area contributed by atoms with Gasteiger partial charge in [-0.2, -0.15) is 13.2 Å². The lowest BCUT2D eigenvalue weighted by Gasteiger charge is -2.14. The van der Waals surface area contributed by atoms with Crippen LogP contribution in [0.5, 0.6) is 0 Å². The topological polar surface area (TPSA) is 37.3 Å². The van der Waals surface area contributed by atoms with Gasteiger partial charge in [0.05, 0.1) is 12.0 Å². The maximum atomic E-state index is 13.6. The fourth-order valence-corrected chi connectivity index (χ4v) is 1.52. The highest BCUT2D eigenvalue weighted by Gasteiger charge is 2.35. The first-order valence-electron chi connectivity index (χ1n) is 4.81. The lowest BCUT2D eigenvalue weighted by Crippen LogP contribution is -2.12. The van der Waals surface area contributed by atoms with Crippen LogP contribution in [0.2, 0.25) is 0 Å². The first-order chi connectivity index (χ1) is 7.73. The van der Waals surface area contributed by atoms with Gasteiger partial charge in [0.1, 0.15) is 5.82 Å². The van der Waals surface area contributed by atoms with E-state index in [1.807, 2.05) is 0 Å². The van der Waals surface area contributed by atoms with Gasteiger partial charge in [0.25, 0.3) is 0 Å². The molecule has 1 aromatic rings. The fourth-order valence-electron chi connectivity index (χ4n) is 1.52. The molecule has 0 unspecified atom stereocenters. The Bertz CT molecular complexity index is 426. The third kappa shape index (κ3) is 3.18. The second kappa shape index (κ2) is 4.73. The molecule has 0 heterocycles. The highest BCUT2D eigenvalue weighted by Crippen LogP contribution is 2.34. The van der Waals surface area contributed by atoms with Crippen molar-refractivity contribution >= 4 is 5.97 Å². The summed E-state index contributed by atoms with van der Waals surface area (Å²) in [6.45, 7) is 1.37. The van der Waals surface area contributed by atoms with Gasteiger partial charge in [-0.05, 0) is 17.5 Å². The van der Waals surface area contributed by atoms with Crippen LogP contribution in [0, 0.1) is 5.82 Å². The van der Waals surface area contributed by atoms with Crippen molar-refractivity contribution in [1.82, 2.24) is 0 Å². The van der Waals surface area contributed by atoms with Crippen molar-refractivity contribution < 1.29 is 27.5 Å². The first-order valence-corrected chi connectivity index (χ1v) is 4.81.